The number of nitrogens with zero attached hydrogens (tertiary/aromatic N) is 5. The van der Waals surface area contributed by atoms with Crippen molar-refractivity contribution in [2.75, 3.05) is 38.3 Å². The molecule has 0 spiro atoms. The van der Waals surface area contributed by atoms with E-state index in [1.54, 1.807) is 0 Å². The number of hydrogen-bond donors (Lipinski definition) is 1. The third-order valence-corrected chi connectivity index (χ3v) is 10.3. The molecule has 2 aromatic heterocycles. The number of terminal acetylenes is 1. The lowest BCUT2D eigenvalue weighted by Crippen LogP contribution is -2.43. The Balaban J connectivity index is 1.34. The summed E-state index contributed by atoms with van der Waals surface area (Å²) in [4.78, 5) is 18.2. The van der Waals surface area contributed by atoms with E-state index in [4.69, 9.17) is 20.9 Å². The average Bonchev–Trinajstić information content (AvgIpc) is 3.72. The smallest absolute Gasteiger partial charge is 0.319 e. The molecule has 232 valence electrons. The van der Waals surface area contributed by atoms with Gasteiger partial charge in [0.15, 0.2) is 5.82 Å². The Labute approximate surface area is 258 Å². The summed E-state index contributed by atoms with van der Waals surface area (Å²) in [6, 6.07) is 5.53. The Kier molecular flexibility index (Phi) is 6.50. The molecule has 5 heterocycles. The van der Waals surface area contributed by atoms with Crippen LogP contribution >= 0.6 is 0 Å². The maximum absolute atomic E-state index is 16.9. The maximum Gasteiger partial charge on any atom is 0.319 e. The van der Waals surface area contributed by atoms with Gasteiger partial charge in [0, 0.05) is 42.9 Å². The third-order valence-electron chi connectivity index (χ3n) is 10.3. The standard InChI is InChI=1S/C34H32F3N5O3/c1-3-22-24(36)9-8-18-12-21(43)13-23(26(18)22)29-28(37)30-27-31(41(2)25-7-4-6-19(25)16-44-32(27)38-29)40-33(39-30)45-17-34-10-5-11-42(34)15-20(35)14-34/h1,8-9,12-13,19-20,25,43H,4-7,10-11,14-17H2,2H3/t19?,20-,25?,34+/m1/s1. The first kappa shape index (κ1) is 28.2. The van der Waals surface area contributed by atoms with Gasteiger partial charge >= 0.3 is 6.01 Å². The number of aromatic hydroxyl groups is 1. The lowest BCUT2D eigenvalue weighted by Gasteiger charge is -2.34. The number of halogens is 3. The molecule has 4 atom stereocenters. The Bertz CT molecular complexity index is 1910. The van der Waals surface area contributed by atoms with E-state index in [0.717, 1.165) is 38.6 Å². The first-order valence-corrected chi connectivity index (χ1v) is 15.5. The van der Waals surface area contributed by atoms with Crippen LogP contribution in [-0.2, 0) is 0 Å². The Morgan fingerprint density at radius 3 is 2.87 bits per heavy atom. The number of aromatic nitrogens is 3. The molecule has 1 N–H and O–H groups in total. The van der Waals surface area contributed by atoms with E-state index in [1.807, 2.05) is 11.9 Å². The third kappa shape index (κ3) is 4.36. The molecule has 4 aromatic rings. The Hall–Kier alpha value is -4.30. The number of anilines is 1. The van der Waals surface area contributed by atoms with Crippen LogP contribution in [0.3, 0.4) is 0 Å². The van der Waals surface area contributed by atoms with Crippen LogP contribution in [0.15, 0.2) is 24.3 Å². The summed E-state index contributed by atoms with van der Waals surface area (Å²) >= 11 is 0. The fourth-order valence-corrected chi connectivity index (χ4v) is 8.17. The fraction of sp³-hybridized carbons (Fsp3) is 0.441. The number of alkyl halides is 1. The summed E-state index contributed by atoms with van der Waals surface area (Å²) in [6.07, 6.45) is 9.82. The van der Waals surface area contributed by atoms with Gasteiger partial charge in [-0.3, -0.25) is 4.90 Å². The van der Waals surface area contributed by atoms with Crippen molar-refractivity contribution >= 4 is 27.5 Å². The summed E-state index contributed by atoms with van der Waals surface area (Å²) < 4.78 is 58.8. The van der Waals surface area contributed by atoms with Gasteiger partial charge in [-0.15, -0.1) is 6.42 Å². The van der Waals surface area contributed by atoms with E-state index >= 15 is 4.39 Å². The topological polar surface area (TPSA) is 83.8 Å². The van der Waals surface area contributed by atoms with Crippen LogP contribution in [0.25, 0.3) is 32.9 Å². The van der Waals surface area contributed by atoms with Gasteiger partial charge < -0.3 is 19.5 Å². The normalized spacial score (nSPS) is 25.9. The summed E-state index contributed by atoms with van der Waals surface area (Å²) in [7, 11) is 1.93. The van der Waals surface area contributed by atoms with E-state index < -0.39 is 23.3 Å². The van der Waals surface area contributed by atoms with Gasteiger partial charge in [0.05, 0.1) is 17.7 Å². The van der Waals surface area contributed by atoms with E-state index in [2.05, 4.69) is 20.8 Å². The highest BCUT2D eigenvalue weighted by atomic mass is 19.1. The van der Waals surface area contributed by atoms with Gasteiger partial charge in [-0.05, 0) is 55.8 Å². The summed E-state index contributed by atoms with van der Waals surface area (Å²) in [5, 5.41) is 11.6. The van der Waals surface area contributed by atoms with Gasteiger partial charge in [0.25, 0.3) is 0 Å². The zero-order valence-electron chi connectivity index (χ0n) is 24.8. The van der Waals surface area contributed by atoms with Crippen LogP contribution in [0.2, 0.25) is 0 Å². The van der Waals surface area contributed by atoms with E-state index in [-0.39, 0.29) is 63.9 Å². The number of phenols is 1. The molecule has 2 aromatic carbocycles. The van der Waals surface area contributed by atoms with Gasteiger partial charge in [0.1, 0.15) is 46.8 Å². The number of ether oxygens (including phenoxy) is 2. The van der Waals surface area contributed by atoms with Gasteiger partial charge in [-0.1, -0.05) is 18.4 Å². The lowest BCUT2D eigenvalue weighted by atomic mass is 9.95. The van der Waals surface area contributed by atoms with E-state index in [0.29, 0.717) is 36.2 Å². The molecular formula is C34H32F3N5O3. The summed E-state index contributed by atoms with van der Waals surface area (Å²) in [6.45, 7) is 1.73. The molecule has 1 aliphatic carbocycles. The number of phenolic OH excluding ortho intramolecular Hbond substituents is 1. The zero-order valence-corrected chi connectivity index (χ0v) is 24.8. The molecular weight excluding hydrogens is 583 g/mol. The largest absolute Gasteiger partial charge is 0.508 e. The molecule has 2 unspecified atom stereocenters. The quantitative estimate of drug-likeness (QED) is 0.290. The first-order valence-electron chi connectivity index (χ1n) is 15.5. The van der Waals surface area contributed by atoms with Crippen molar-refractivity contribution in [3.63, 3.8) is 0 Å². The number of fused-ring (bicyclic) bond motifs is 3. The van der Waals surface area contributed by atoms with Crippen molar-refractivity contribution in [1.82, 2.24) is 19.9 Å². The summed E-state index contributed by atoms with van der Waals surface area (Å²) in [5.41, 5.74) is -0.689. The second kappa shape index (κ2) is 10.4. The molecule has 45 heavy (non-hydrogen) atoms. The number of pyridine rings is 1. The molecule has 0 bridgehead atoms. The molecule has 0 amide bonds. The summed E-state index contributed by atoms with van der Waals surface area (Å²) in [5.74, 6) is 1.51. The molecule has 2 saturated heterocycles. The van der Waals surface area contributed by atoms with Crippen molar-refractivity contribution in [3.8, 4) is 41.2 Å². The van der Waals surface area contributed by atoms with Crippen molar-refractivity contribution < 1.29 is 27.8 Å². The molecule has 4 aliphatic rings. The second-order valence-electron chi connectivity index (χ2n) is 12.8. The Morgan fingerprint density at radius 1 is 1.16 bits per heavy atom. The molecule has 3 fully saturated rings. The van der Waals surface area contributed by atoms with Crippen LogP contribution in [-0.4, -0.2) is 76.1 Å². The molecule has 8 nitrogen and oxygen atoms in total. The molecule has 8 rings (SSSR count). The highest BCUT2D eigenvalue weighted by molar-refractivity contribution is 6.04. The number of hydrogen-bond acceptors (Lipinski definition) is 8. The SMILES string of the molecule is C#Cc1c(F)ccc2cc(O)cc(-c3nc4c5c(nc(OC[C@@]67CCCN6C[C@H](F)C7)nc5c3F)N(C)C3CCCC3CO4)c12. The van der Waals surface area contributed by atoms with Crippen LogP contribution in [0, 0.1) is 29.9 Å². The monoisotopic (exact) mass is 615 g/mol. The highest BCUT2D eigenvalue weighted by Gasteiger charge is 2.49. The molecule has 0 radical (unpaired) electrons. The van der Waals surface area contributed by atoms with Crippen molar-refractivity contribution in [3.05, 3.63) is 41.5 Å². The fourth-order valence-electron chi connectivity index (χ4n) is 8.17. The first-order chi connectivity index (χ1) is 21.8. The second-order valence-corrected chi connectivity index (χ2v) is 12.8. The van der Waals surface area contributed by atoms with Gasteiger partial charge in [-0.2, -0.15) is 9.97 Å². The zero-order chi connectivity index (χ0) is 31.0. The number of benzene rings is 2. The highest BCUT2D eigenvalue weighted by Crippen LogP contribution is 2.45. The molecule has 3 aliphatic heterocycles. The van der Waals surface area contributed by atoms with Crippen LogP contribution in [0.4, 0.5) is 19.0 Å². The van der Waals surface area contributed by atoms with Gasteiger partial charge in [0.2, 0.25) is 5.88 Å². The van der Waals surface area contributed by atoms with Crippen molar-refractivity contribution in [1.29, 1.82) is 0 Å². The van der Waals surface area contributed by atoms with Crippen molar-refractivity contribution in [2.45, 2.75) is 56.3 Å². The van der Waals surface area contributed by atoms with Crippen LogP contribution in [0.1, 0.15) is 44.1 Å². The predicted octanol–water partition coefficient (Wildman–Crippen LogP) is 5.76. The van der Waals surface area contributed by atoms with E-state index in [9.17, 15) is 13.9 Å². The maximum atomic E-state index is 16.9. The Morgan fingerprint density at radius 2 is 2.02 bits per heavy atom. The molecule has 1 saturated carbocycles. The number of rotatable bonds is 4. The van der Waals surface area contributed by atoms with Crippen LogP contribution < -0.4 is 14.4 Å². The minimum Gasteiger partial charge on any atom is -0.508 e. The van der Waals surface area contributed by atoms with Crippen molar-refractivity contribution in [2.24, 2.45) is 5.92 Å². The van der Waals surface area contributed by atoms with Crippen LogP contribution in [0.5, 0.6) is 17.6 Å². The average molecular weight is 616 g/mol. The van der Waals surface area contributed by atoms with E-state index in [1.165, 1.54) is 24.3 Å². The molecule has 11 heteroatoms. The minimum atomic E-state index is -0.925. The minimum absolute atomic E-state index is 0.0267. The lowest BCUT2D eigenvalue weighted by molar-refractivity contribution is 0.107. The predicted molar refractivity (Wildman–Crippen MR) is 163 cm³/mol. The van der Waals surface area contributed by atoms with Gasteiger partial charge in [-0.25, -0.2) is 18.2 Å².